The molecule has 0 aromatic heterocycles. The molecule has 0 bridgehead atoms. The molecule has 0 saturated carbocycles. The minimum Gasteiger partial charge on any atom is -0.496 e. The highest BCUT2D eigenvalue weighted by Crippen LogP contribution is 2.35. The van der Waals surface area contributed by atoms with Crippen LogP contribution in [0, 0.1) is 0 Å². The van der Waals surface area contributed by atoms with Gasteiger partial charge in [0.25, 0.3) is 11.8 Å². The first-order chi connectivity index (χ1) is 14.0. The van der Waals surface area contributed by atoms with E-state index in [-0.39, 0.29) is 30.7 Å². The summed E-state index contributed by atoms with van der Waals surface area (Å²) in [5.41, 5.74) is 2.84. The average Bonchev–Trinajstić information content (AvgIpc) is 2.96. The normalized spacial score (nSPS) is 13.9. The van der Waals surface area contributed by atoms with Crippen molar-refractivity contribution in [3.8, 4) is 5.75 Å². The highest BCUT2D eigenvalue weighted by Gasteiger charge is 2.39. The van der Waals surface area contributed by atoms with E-state index >= 15 is 0 Å². The lowest BCUT2D eigenvalue weighted by molar-refractivity contribution is -0.137. The van der Waals surface area contributed by atoms with E-state index in [1.165, 1.54) is 19.1 Å². The minimum atomic E-state index is -0.385. The fourth-order valence-corrected chi connectivity index (χ4v) is 3.17. The molecule has 0 aliphatic carbocycles. The van der Waals surface area contributed by atoms with Gasteiger partial charge in [-0.15, -0.1) is 0 Å². The Kier molecular flexibility index (Phi) is 6.19. The Morgan fingerprint density at radius 2 is 1.66 bits per heavy atom. The SMILES string of the molecule is COCCN1C(=O)C(Nc2ccc(N(C)C)cc2)=C(c2ccccc2OC)C1=O. The van der Waals surface area contributed by atoms with Crippen LogP contribution in [0.25, 0.3) is 5.57 Å². The molecule has 0 saturated heterocycles. The van der Waals surface area contributed by atoms with Crippen molar-refractivity contribution in [3.05, 3.63) is 59.8 Å². The molecule has 0 unspecified atom stereocenters. The number of nitrogens with one attached hydrogen (secondary N) is 1. The maximum Gasteiger partial charge on any atom is 0.278 e. The van der Waals surface area contributed by atoms with Crippen LogP contribution in [0.5, 0.6) is 5.75 Å². The summed E-state index contributed by atoms with van der Waals surface area (Å²) in [5, 5.41) is 3.15. The highest BCUT2D eigenvalue weighted by atomic mass is 16.5. The molecule has 2 aromatic rings. The Hall–Kier alpha value is -3.32. The van der Waals surface area contributed by atoms with Crippen LogP contribution >= 0.6 is 0 Å². The van der Waals surface area contributed by atoms with Gasteiger partial charge in [-0.25, -0.2) is 0 Å². The van der Waals surface area contributed by atoms with Gasteiger partial charge in [0.05, 0.1) is 25.8 Å². The lowest BCUT2D eigenvalue weighted by Gasteiger charge is -2.15. The maximum absolute atomic E-state index is 13.1. The van der Waals surface area contributed by atoms with Crippen LogP contribution in [0.1, 0.15) is 5.56 Å². The third-order valence-electron chi connectivity index (χ3n) is 4.72. The predicted molar refractivity (Wildman–Crippen MR) is 113 cm³/mol. The average molecular weight is 395 g/mol. The van der Waals surface area contributed by atoms with Gasteiger partial charge in [-0.2, -0.15) is 0 Å². The molecule has 2 aromatic carbocycles. The van der Waals surface area contributed by atoms with Crippen molar-refractivity contribution in [2.75, 3.05) is 51.7 Å². The van der Waals surface area contributed by atoms with Crippen molar-refractivity contribution in [1.82, 2.24) is 4.90 Å². The van der Waals surface area contributed by atoms with Gasteiger partial charge in [0.1, 0.15) is 11.4 Å². The molecule has 0 spiro atoms. The fourth-order valence-electron chi connectivity index (χ4n) is 3.17. The van der Waals surface area contributed by atoms with E-state index < -0.39 is 0 Å². The Morgan fingerprint density at radius 1 is 0.966 bits per heavy atom. The Morgan fingerprint density at radius 3 is 2.28 bits per heavy atom. The van der Waals surface area contributed by atoms with Crippen LogP contribution < -0.4 is 15.0 Å². The van der Waals surface area contributed by atoms with Crippen LogP contribution in [0.15, 0.2) is 54.2 Å². The summed E-state index contributed by atoms with van der Waals surface area (Å²) in [6.07, 6.45) is 0. The first-order valence-electron chi connectivity index (χ1n) is 9.25. The summed E-state index contributed by atoms with van der Waals surface area (Å²) < 4.78 is 10.5. The predicted octanol–water partition coefficient (Wildman–Crippen LogP) is 2.60. The van der Waals surface area contributed by atoms with Gasteiger partial charge in [-0.1, -0.05) is 18.2 Å². The van der Waals surface area contributed by atoms with Gasteiger partial charge in [-0.05, 0) is 30.3 Å². The van der Waals surface area contributed by atoms with E-state index in [4.69, 9.17) is 9.47 Å². The maximum atomic E-state index is 13.1. The number of hydrogen-bond donors (Lipinski definition) is 1. The van der Waals surface area contributed by atoms with Gasteiger partial charge < -0.3 is 19.7 Å². The summed E-state index contributed by atoms with van der Waals surface area (Å²) in [6, 6.07) is 14.8. The number of para-hydroxylation sites is 1. The summed E-state index contributed by atoms with van der Waals surface area (Å²) in [5.74, 6) is -0.229. The van der Waals surface area contributed by atoms with Crippen LogP contribution in [0.4, 0.5) is 11.4 Å². The van der Waals surface area contributed by atoms with Crippen LogP contribution in [0.3, 0.4) is 0 Å². The van der Waals surface area contributed by atoms with Crippen LogP contribution in [0.2, 0.25) is 0 Å². The summed E-state index contributed by atoms with van der Waals surface area (Å²) in [4.78, 5) is 29.4. The number of methoxy groups -OCH3 is 2. The lowest BCUT2D eigenvalue weighted by atomic mass is 10.0. The molecule has 7 nitrogen and oxygen atoms in total. The number of carbonyl (C=O) groups excluding carboxylic acids is 2. The largest absolute Gasteiger partial charge is 0.496 e. The second-order valence-electron chi connectivity index (χ2n) is 6.77. The van der Waals surface area contributed by atoms with E-state index in [9.17, 15) is 9.59 Å². The molecular formula is C22H25N3O4. The van der Waals surface area contributed by atoms with Crippen molar-refractivity contribution < 1.29 is 19.1 Å². The molecule has 1 heterocycles. The van der Waals surface area contributed by atoms with Gasteiger partial charge in [0.2, 0.25) is 0 Å². The zero-order valence-electron chi connectivity index (χ0n) is 17.1. The zero-order chi connectivity index (χ0) is 21.0. The molecule has 0 radical (unpaired) electrons. The summed E-state index contributed by atoms with van der Waals surface area (Å²) in [6.45, 7) is 0.444. The first-order valence-corrected chi connectivity index (χ1v) is 9.25. The van der Waals surface area contributed by atoms with Crippen LogP contribution in [-0.2, 0) is 14.3 Å². The monoisotopic (exact) mass is 395 g/mol. The second-order valence-corrected chi connectivity index (χ2v) is 6.77. The lowest BCUT2D eigenvalue weighted by Crippen LogP contribution is -2.35. The van der Waals surface area contributed by atoms with Crippen molar-refractivity contribution >= 4 is 28.8 Å². The van der Waals surface area contributed by atoms with Gasteiger partial charge in [0, 0.05) is 38.1 Å². The Balaban J connectivity index is 2.04. The highest BCUT2D eigenvalue weighted by molar-refractivity contribution is 6.37. The number of ether oxygens (including phenoxy) is 2. The molecule has 1 aliphatic rings. The molecule has 0 fully saturated rings. The molecule has 152 valence electrons. The van der Waals surface area contributed by atoms with Gasteiger partial charge in [-0.3, -0.25) is 14.5 Å². The smallest absolute Gasteiger partial charge is 0.278 e. The summed E-state index contributed by atoms with van der Waals surface area (Å²) >= 11 is 0. The quantitative estimate of drug-likeness (QED) is 0.693. The zero-order valence-corrected chi connectivity index (χ0v) is 17.1. The standard InChI is InChI=1S/C22H25N3O4/c1-24(2)16-11-9-15(10-12-16)23-20-19(17-7-5-6-8-18(17)29-4)21(26)25(22(20)27)13-14-28-3/h5-12,23H,13-14H2,1-4H3. The van der Waals surface area contributed by atoms with Crippen molar-refractivity contribution in [2.45, 2.75) is 0 Å². The van der Waals surface area contributed by atoms with Crippen molar-refractivity contribution in [3.63, 3.8) is 0 Å². The number of benzene rings is 2. The summed E-state index contributed by atoms with van der Waals surface area (Å²) in [7, 11) is 6.98. The van der Waals surface area contributed by atoms with E-state index in [0.29, 0.717) is 22.6 Å². The molecular weight excluding hydrogens is 370 g/mol. The first kappa shape index (κ1) is 20.4. The van der Waals surface area contributed by atoms with Crippen molar-refractivity contribution in [1.29, 1.82) is 0 Å². The number of imide groups is 1. The minimum absolute atomic E-state index is 0.178. The molecule has 3 rings (SSSR count). The number of carbonyl (C=O) groups is 2. The van der Waals surface area contributed by atoms with E-state index in [0.717, 1.165) is 5.69 Å². The molecule has 0 atom stereocenters. The fraction of sp³-hybridized carbons (Fsp3) is 0.273. The molecule has 1 aliphatic heterocycles. The van der Waals surface area contributed by atoms with Gasteiger partial charge >= 0.3 is 0 Å². The number of hydrogen-bond acceptors (Lipinski definition) is 6. The van der Waals surface area contributed by atoms with Crippen molar-refractivity contribution in [2.24, 2.45) is 0 Å². The topological polar surface area (TPSA) is 71.1 Å². The number of amides is 2. The second kappa shape index (κ2) is 8.79. The number of nitrogens with zero attached hydrogens (tertiary/aromatic N) is 2. The van der Waals surface area contributed by atoms with Gasteiger partial charge in [0.15, 0.2) is 0 Å². The number of rotatable bonds is 8. The molecule has 2 amide bonds. The van der Waals surface area contributed by atoms with E-state index in [1.807, 2.05) is 55.4 Å². The van der Waals surface area contributed by atoms with Crippen LogP contribution in [-0.4, -0.2) is 58.2 Å². The molecule has 1 N–H and O–H groups in total. The Labute approximate surface area is 170 Å². The van der Waals surface area contributed by atoms with E-state index in [2.05, 4.69) is 5.32 Å². The molecule has 7 heteroatoms. The third-order valence-corrected chi connectivity index (χ3v) is 4.72. The van der Waals surface area contributed by atoms with E-state index in [1.54, 1.807) is 12.1 Å². The Bertz CT molecular complexity index is 935. The molecule has 29 heavy (non-hydrogen) atoms. The number of anilines is 2. The third kappa shape index (κ3) is 4.09.